The van der Waals surface area contributed by atoms with Crippen molar-refractivity contribution in [1.29, 1.82) is 0 Å². The molecule has 0 radical (unpaired) electrons. The number of rotatable bonds is 10. The van der Waals surface area contributed by atoms with Crippen molar-refractivity contribution in [2.75, 3.05) is 12.3 Å². The van der Waals surface area contributed by atoms with Gasteiger partial charge < -0.3 is 10.2 Å². The summed E-state index contributed by atoms with van der Waals surface area (Å²) in [4.78, 5) is 27.3. The topological polar surface area (TPSA) is 49.4 Å². The van der Waals surface area contributed by atoms with Crippen molar-refractivity contribution in [2.45, 2.75) is 39.1 Å². The van der Waals surface area contributed by atoms with Crippen LogP contribution in [0.2, 0.25) is 0 Å². The summed E-state index contributed by atoms with van der Waals surface area (Å²) in [6, 6.07) is 17.4. The molecule has 2 rings (SSSR count). The van der Waals surface area contributed by atoms with Gasteiger partial charge in [-0.15, -0.1) is 11.8 Å². The average molecular weight is 477 g/mol. The summed E-state index contributed by atoms with van der Waals surface area (Å²) in [5.41, 5.74) is 2.19. The maximum Gasteiger partial charge on any atom is 0.242 e. The maximum absolute atomic E-state index is 13.0. The summed E-state index contributed by atoms with van der Waals surface area (Å²) in [5, 5.41) is 2.95. The summed E-state index contributed by atoms with van der Waals surface area (Å²) >= 11 is 5.00. The van der Waals surface area contributed by atoms with Gasteiger partial charge >= 0.3 is 0 Å². The quantitative estimate of drug-likeness (QED) is 0.531. The van der Waals surface area contributed by atoms with Crippen molar-refractivity contribution in [2.24, 2.45) is 5.92 Å². The minimum atomic E-state index is -0.519. The van der Waals surface area contributed by atoms with Gasteiger partial charge in [0.1, 0.15) is 6.04 Å². The molecule has 2 amide bonds. The van der Waals surface area contributed by atoms with E-state index in [4.69, 9.17) is 0 Å². The predicted molar refractivity (Wildman–Crippen MR) is 125 cm³/mol. The fraction of sp³-hybridized carbons (Fsp3) is 0.391. The van der Waals surface area contributed by atoms with E-state index in [0.717, 1.165) is 15.8 Å². The highest BCUT2D eigenvalue weighted by Gasteiger charge is 2.26. The molecule has 0 aliphatic rings. The number of thioether (sulfide) groups is 1. The average Bonchev–Trinajstić information content (AvgIpc) is 2.71. The van der Waals surface area contributed by atoms with E-state index in [1.165, 1.54) is 5.56 Å². The number of nitrogens with zero attached hydrogens (tertiary/aromatic N) is 1. The molecule has 0 aromatic heterocycles. The van der Waals surface area contributed by atoms with Gasteiger partial charge in [-0.2, -0.15) is 0 Å². The summed E-state index contributed by atoms with van der Waals surface area (Å²) in [7, 11) is 0. The predicted octanol–water partition coefficient (Wildman–Crippen LogP) is 4.87. The summed E-state index contributed by atoms with van der Waals surface area (Å²) < 4.78 is 1.04. The molecule has 0 heterocycles. The van der Waals surface area contributed by atoms with Gasteiger partial charge in [-0.05, 0) is 36.1 Å². The summed E-state index contributed by atoms with van der Waals surface area (Å²) in [6.07, 6.45) is 0. The fourth-order valence-corrected chi connectivity index (χ4v) is 3.87. The molecule has 4 nitrogen and oxygen atoms in total. The Morgan fingerprint density at radius 2 is 1.66 bits per heavy atom. The number of carbonyl (C=O) groups excluding carboxylic acids is 2. The largest absolute Gasteiger partial charge is 0.354 e. The van der Waals surface area contributed by atoms with Crippen molar-refractivity contribution in [3.05, 3.63) is 70.2 Å². The van der Waals surface area contributed by atoms with E-state index in [1.54, 1.807) is 23.6 Å². The zero-order valence-electron chi connectivity index (χ0n) is 17.2. The molecule has 29 heavy (non-hydrogen) atoms. The molecule has 0 spiro atoms. The lowest BCUT2D eigenvalue weighted by atomic mass is 10.1. The van der Waals surface area contributed by atoms with Crippen LogP contribution in [-0.2, 0) is 21.9 Å². The second-order valence-electron chi connectivity index (χ2n) is 7.44. The van der Waals surface area contributed by atoms with Gasteiger partial charge in [-0.25, -0.2) is 0 Å². The van der Waals surface area contributed by atoms with Crippen LogP contribution in [0.4, 0.5) is 0 Å². The number of carbonyl (C=O) groups is 2. The van der Waals surface area contributed by atoms with Crippen molar-refractivity contribution in [3.8, 4) is 0 Å². The number of hydrogen-bond acceptors (Lipinski definition) is 3. The number of nitrogens with one attached hydrogen (secondary N) is 1. The molecule has 0 saturated carbocycles. The molecule has 0 unspecified atom stereocenters. The van der Waals surface area contributed by atoms with Gasteiger partial charge in [0, 0.05) is 23.3 Å². The Balaban J connectivity index is 2.01. The number of halogens is 1. The van der Waals surface area contributed by atoms with E-state index in [0.29, 0.717) is 24.8 Å². The zero-order chi connectivity index (χ0) is 21.2. The van der Waals surface area contributed by atoms with Gasteiger partial charge in [-0.1, -0.05) is 72.2 Å². The monoisotopic (exact) mass is 476 g/mol. The first-order chi connectivity index (χ1) is 13.9. The normalized spacial score (nSPS) is 11.9. The Morgan fingerprint density at radius 3 is 2.28 bits per heavy atom. The van der Waals surface area contributed by atoms with E-state index >= 15 is 0 Å². The van der Waals surface area contributed by atoms with E-state index in [-0.39, 0.29) is 11.8 Å². The van der Waals surface area contributed by atoms with Crippen molar-refractivity contribution in [1.82, 2.24) is 10.2 Å². The molecule has 0 fully saturated rings. The highest BCUT2D eigenvalue weighted by atomic mass is 79.9. The first-order valence-electron chi connectivity index (χ1n) is 9.80. The van der Waals surface area contributed by atoms with Crippen LogP contribution in [0.1, 0.15) is 31.9 Å². The highest BCUT2D eigenvalue weighted by molar-refractivity contribution is 9.10. The molecule has 0 saturated heterocycles. The third kappa shape index (κ3) is 8.23. The molecule has 0 aliphatic heterocycles. The van der Waals surface area contributed by atoms with Gasteiger partial charge in [0.05, 0.1) is 5.75 Å². The molecule has 0 aliphatic carbocycles. The maximum atomic E-state index is 13.0. The van der Waals surface area contributed by atoms with Crippen LogP contribution in [0.5, 0.6) is 0 Å². The second-order valence-corrected chi connectivity index (χ2v) is 9.34. The van der Waals surface area contributed by atoms with Crippen molar-refractivity contribution in [3.63, 3.8) is 0 Å². The van der Waals surface area contributed by atoms with Crippen LogP contribution in [0.3, 0.4) is 0 Å². The van der Waals surface area contributed by atoms with Gasteiger partial charge in [0.2, 0.25) is 11.8 Å². The lowest BCUT2D eigenvalue weighted by molar-refractivity contribution is -0.138. The second kappa shape index (κ2) is 12.0. The van der Waals surface area contributed by atoms with Crippen LogP contribution in [-0.4, -0.2) is 35.1 Å². The third-order valence-electron chi connectivity index (χ3n) is 4.46. The summed E-state index contributed by atoms with van der Waals surface area (Å²) in [5.74, 6) is 1.33. The molecular weight excluding hydrogens is 448 g/mol. The van der Waals surface area contributed by atoms with E-state index in [1.807, 2.05) is 54.6 Å². The fourth-order valence-electron chi connectivity index (χ4n) is 2.73. The Bertz CT molecular complexity index is 781. The van der Waals surface area contributed by atoms with E-state index in [9.17, 15) is 9.59 Å². The SMILES string of the molecule is CC(C)CNC(=O)[C@@H](C)N(Cc1ccccc1)C(=O)CSCc1ccc(Br)cc1. The van der Waals surface area contributed by atoms with Gasteiger partial charge in [0.15, 0.2) is 0 Å². The third-order valence-corrected chi connectivity index (χ3v) is 5.97. The Hall–Kier alpha value is -1.79. The molecule has 156 valence electrons. The number of hydrogen-bond donors (Lipinski definition) is 1. The molecule has 6 heteroatoms. The minimum Gasteiger partial charge on any atom is -0.354 e. The first-order valence-corrected chi connectivity index (χ1v) is 11.7. The van der Waals surface area contributed by atoms with Crippen LogP contribution < -0.4 is 5.32 Å². The lowest BCUT2D eigenvalue weighted by Crippen LogP contribution is -2.48. The van der Waals surface area contributed by atoms with Crippen LogP contribution in [0.15, 0.2) is 59.1 Å². The smallest absolute Gasteiger partial charge is 0.242 e. The van der Waals surface area contributed by atoms with Crippen molar-refractivity contribution < 1.29 is 9.59 Å². The molecular formula is C23H29BrN2O2S. The zero-order valence-corrected chi connectivity index (χ0v) is 19.6. The first kappa shape index (κ1) is 23.5. The van der Waals surface area contributed by atoms with Crippen molar-refractivity contribution >= 4 is 39.5 Å². The van der Waals surface area contributed by atoms with Gasteiger partial charge in [-0.3, -0.25) is 9.59 Å². The number of amides is 2. The molecule has 1 N–H and O–H groups in total. The molecule has 1 atom stereocenters. The summed E-state index contributed by atoms with van der Waals surface area (Å²) in [6.45, 7) is 6.94. The Morgan fingerprint density at radius 1 is 1.00 bits per heavy atom. The van der Waals surface area contributed by atoms with Crippen LogP contribution in [0.25, 0.3) is 0 Å². The Labute approximate surface area is 186 Å². The van der Waals surface area contributed by atoms with E-state index in [2.05, 4.69) is 35.1 Å². The number of benzene rings is 2. The van der Waals surface area contributed by atoms with E-state index < -0.39 is 6.04 Å². The standard InChI is InChI=1S/C23H29BrN2O2S/c1-17(2)13-25-23(28)18(3)26(14-19-7-5-4-6-8-19)22(27)16-29-15-20-9-11-21(24)12-10-20/h4-12,17-18H,13-16H2,1-3H3,(H,25,28)/t18-/m1/s1. The molecule has 0 bridgehead atoms. The Kier molecular flexibility index (Phi) is 9.74. The van der Waals surface area contributed by atoms with Crippen LogP contribution >= 0.6 is 27.7 Å². The van der Waals surface area contributed by atoms with Crippen LogP contribution in [0, 0.1) is 5.92 Å². The minimum absolute atomic E-state index is 0.0249. The highest BCUT2D eigenvalue weighted by Crippen LogP contribution is 2.18. The molecule has 2 aromatic carbocycles. The van der Waals surface area contributed by atoms with Gasteiger partial charge in [0.25, 0.3) is 0 Å². The lowest BCUT2D eigenvalue weighted by Gasteiger charge is -2.29. The molecule has 2 aromatic rings.